The van der Waals surface area contributed by atoms with Crippen molar-refractivity contribution >= 4 is 52.1 Å². The number of furan rings is 1. The van der Waals surface area contributed by atoms with Crippen LogP contribution in [-0.2, 0) is 6.54 Å². The number of aromatic hydroxyl groups is 1. The number of hydrogen-bond donors (Lipinski definition) is 2. The fourth-order valence-corrected chi connectivity index (χ4v) is 3.19. The van der Waals surface area contributed by atoms with E-state index in [1.165, 1.54) is 0 Å². The second-order valence-electron chi connectivity index (χ2n) is 5.07. The van der Waals surface area contributed by atoms with Crippen LogP contribution in [-0.4, -0.2) is 5.11 Å². The molecule has 0 aliphatic carbocycles. The lowest BCUT2D eigenvalue weighted by Crippen LogP contribution is -1.98. The van der Waals surface area contributed by atoms with E-state index in [4.69, 9.17) is 50.8 Å². The van der Waals surface area contributed by atoms with Crippen molar-refractivity contribution in [1.29, 1.82) is 0 Å². The average molecular weight is 403 g/mol. The van der Waals surface area contributed by atoms with Crippen LogP contribution in [0, 0.1) is 0 Å². The van der Waals surface area contributed by atoms with Gasteiger partial charge in [-0.05, 0) is 42.5 Å². The van der Waals surface area contributed by atoms with Gasteiger partial charge in [-0.25, -0.2) is 0 Å². The molecular formula is C17H11Cl4NO2. The van der Waals surface area contributed by atoms with Gasteiger partial charge >= 0.3 is 0 Å². The van der Waals surface area contributed by atoms with Crippen LogP contribution in [0.15, 0.2) is 46.9 Å². The molecule has 2 aromatic carbocycles. The average Bonchev–Trinajstić information content (AvgIpc) is 2.98. The van der Waals surface area contributed by atoms with E-state index in [0.717, 1.165) is 5.56 Å². The Kier molecular flexibility index (Phi) is 5.16. The maximum absolute atomic E-state index is 9.56. The van der Waals surface area contributed by atoms with Crippen LogP contribution in [0.25, 0.3) is 11.3 Å². The molecule has 0 aliphatic rings. The van der Waals surface area contributed by atoms with Crippen LogP contribution in [0.3, 0.4) is 0 Å². The van der Waals surface area contributed by atoms with E-state index >= 15 is 0 Å². The summed E-state index contributed by atoms with van der Waals surface area (Å²) >= 11 is 23.8. The van der Waals surface area contributed by atoms with Gasteiger partial charge in [-0.15, -0.1) is 0 Å². The highest BCUT2D eigenvalue weighted by Crippen LogP contribution is 2.35. The fourth-order valence-electron chi connectivity index (χ4n) is 2.18. The van der Waals surface area contributed by atoms with Gasteiger partial charge < -0.3 is 14.8 Å². The summed E-state index contributed by atoms with van der Waals surface area (Å²) in [6.07, 6.45) is 0. The smallest absolute Gasteiger partial charge is 0.152 e. The topological polar surface area (TPSA) is 45.4 Å². The predicted octanol–water partition coefficient (Wildman–Crippen LogP) is 6.88. The second-order valence-corrected chi connectivity index (χ2v) is 6.75. The van der Waals surface area contributed by atoms with Crippen molar-refractivity contribution in [3.63, 3.8) is 0 Å². The van der Waals surface area contributed by atoms with Crippen LogP contribution >= 0.6 is 46.4 Å². The summed E-state index contributed by atoms with van der Waals surface area (Å²) in [4.78, 5) is 0. The van der Waals surface area contributed by atoms with Gasteiger partial charge in [0.25, 0.3) is 0 Å². The van der Waals surface area contributed by atoms with E-state index in [0.29, 0.717) is 33.8 Å². The van der Waals surface area contributed by atoms with E-state index in [9.17, 15) is 5.11 Å². The van der Waals surface area contributed by atoms with Gasteiger partial charge in [0.2, 0.25) is 0 Å². The number of rotatable bonds is 4. The van der Waals surface area contributed by atoms with Crippen molar-refractivity contribution in [2.24, 2.45) is 0 Å². The molecule has 2 N–H and O–H groups in total. The van der Waals surface area contributed by atoms with E-state index in [2.05, 4.69) is 5.32 Å². The third kappa shape index (κ3) is 3.93. The van der Waals surface area contributed by atoms with E-state index in [1.54, 1.807) is 30.3 Å². The number of halogens is 4. The molecule has 1 aromatic heterocycles. The molecular weight excluding hydrogens is 392 g/mol. The minimum atomic E-state index is -0.137. The Balaban J connectivity index is 1.75. The highest BCUT2D eigenvalue weighted by atomic mass is 35.5. The largest absolute Gasteiger partial charge is 0.505 e. The number of hydrogen-bond acceptors (Lipinski definition) is 3. The molecule has 3 aromatic rings. The Morgan fingerprint density at radius 1 is 0.875 bits per heavy atom. The van der Waals surface area contributed by atoms with Crippen LogP contribution < -0.4 is 5.32 Å². The summed E-state index contributed by atoms with van der Waals surface area (Å²) in [5.74, 6) is 1.24. The van der Waals surface area contributed by atoms with Crippen LogP contribution in [0.4, 0.5) is 5.69 Å². The van der Waals surface area contributed by atoms with Crippen molar-refractivity contribution in [2.45, 2.75) is 6.54 Å². The number of phenols is 1. The van der Waals surface area contributed by atoms with Gasteiger partial charge in [0.05, 0.1) is 16.6 Å². The molecule has 0 saturated heterocycles. The fraction of sp³-hybridized carbons (Fsp3) is 0.0588. The Morgan fingerprint density at radius 2 is 1.50 bits per heavy atom. The van der Waals surface area contributed by atoms with Crippen molar-refractivity contribution < 1.29 is 9.52 Å². The van der Waals surface area contributed by atoms with Crippen molar-refractivity contribution in [2.75, 3.05) is 5.32 Å². The summed E-state index contributed by atoms with van der Waals surface area (Å²) in [6.45, 7) is 0.422. The standard InChI is InChI=1S/C17H11Cl4NO2/c18-10-3-9(4-11(19)5-10)16-2-1-13(24-16)8-22-12-6-14(20)17(23)15(21)7-12/h1-7,22-23H,8H2. The maximum Gasteiger partial charge on any atom is 0.152 e. The second kappa shape index (κ2) is 7.16. The molecule has 0 fully saturated rings. The molecule has 0 radical (unpaired) electrons. The Morgan fingerprint density at radius 3 is 2.12 bits per heavy atom. The molecule has 7 heteroatoms. The van der Waals surface area contributed by atoms with E-state index < -0.39 is 0 Å². The zero-order chi connectivity index (χ0) is 17.3. The first-order chi connectivity index (χ1) is 11.4. The summed E-state index contributed by atoms with van der Waals surface area (Å²) in [7, 11) is 0. The van der Waals surface area contributed by atoms with Gasteiger partial charge in [0.15, 0.2) is 5.75 Å². The third-order valence-electron chi connectivity index (χ3n) is 3.29. The number of nitrogens with one attached hydrogen (secondary N) is 1. The zero-order valence-electron chi connectivity index (χ0n) is 12.1. The quantitative estimate of drug-likeness (QED) is 0.467. The molecule has 0 amide bonds. The molecule has 0 saturated carbocycles. The highest BCUT2D eigenvalue weighted by Gasteiger charge is 2.09. The Labute approximate surface area is 158 Å². The molecule has 0 aliphatic heterocycles. The van der Waals surface area contributed by atoms with Crippen molar-refractivity contribution in [3.8, 4) is 17.1 Å². The van der Waals surface area contributed by atoms with Gasteiger partial charge in [0, 0.05) is 21.3 Å². The third-order valence-corrected chi connectivity index (χ3v) is 4.31. The van der Waals surface area contributed by atoms with Gasteiger partial charge in [-0.3, -0.25) is 0 Å². The molecule has 24 heavy (non-hydrogen) atoms. The van der Waals surface area contributed by atoms with Gasteiger partial charge in [-0.1, -0.05) is 46.4 Å². The molecule has 3 nitrogen and oxygen atoms in total. The number of benzene rings is 2. The van der Waals surface area contributed by atoms with Gasteiger partial charge in [-0.2, -0.15) is 0 Å². The van der Waals surface area contributed by atoms with Crippen LogP contribution in [0.5, 0.6) is 5.75 Å². The SMILES string of the molecule is Oc1c(Cl)cc(NCc2ccc(-c3cc(Cl)cc(Cl)c3)o2)cc1Cl. The molecule has 0 unspecified atom stereocenters. The van der Waals surface area contributed by atoms with Crippen molar-refractivity contribution in [1.82, 2.24) is 0 Å². The number of phenolic OH excluding ortho intramolecular Hbond substituents is 1. The van der Waals surface area contributed by atoms with Crippen molar-refractivity contribution in [3.05, 3.63) is 68.3 Å². The summed E-state index contributed by atoms with van der Waals surface area (Å²) in [6, 6.07) is 12.1. The monoisotopic (exact) mass is 401 g/mol. The molecule has 124 valence electrons. The van der Waals surface area contributed by atoms with E-state index in [1.807, 2.05) is 12.1 Å². The first-order valence-corrected chi connectivity index (χ1v) is 8.40. The normalized spacial score (nSPS) is 10.8. The summed E-state index contributed by atoms with van der Waals surface area (Å²) in [5.41, 5.74) is 1.47. The minimum Gasteiger partial charge on any atom is -0.505 e. The Hall–Kier alpha value is -1.52. The molecule has 0 bridgehead atoms. The van der Waals surface area contributed by atoms with Crippen LogP contribution in [0.2, 0.25) is 20.1 Å². The Bertz CT molecular complexity index is 849. The summed E-state index contributed by atoms with van der Waals surface area (Å²) in [5, 5.41) is 14.1. The van der Waals surface area contributed by atoms with E-state index in [-0.39, 0.29) is 15.8 Å². The van der Waals surface area contributed by atoms with Crippen LogP contribution in [0.1, 0.15) is 5.76 Å². The first kappa shape index (κ1) is 17.3. The predicted molar refractivity (Wildman–Crippen MR) is 99.6 cm³/mol. The van der Waals surface area contributed by atoms with Gasteiger partial charge in [0.1, 0.15) is 11.5 Å². The molecule has 3 rings (SSSR count). The first-order valence-electron chi connectivity index (χ1n) is 6.89. The highest BCUT2D eigenvalue weighted by molar-refractivity contribution is 6.37. The zero-order valence-corrected chi connectivity index (χ0v) is 15.1. The lowest BCUT2D eigenvalue weighted by Gasteiger charge is -2.07. The molecule has 1 heterocycles. The molecule has 0 spiro atoms. The number of anilines is 1. The minimum absolute atomic E-state index is 0.137. The lowest BCUT2D eigenvalue weighted by molar-refractivity contribution is 0.476. The maximum atomic E-state index is 9.56. The summed E-state index contributed by atoms with van der Waals surface area (Å²) < 4.78 is 5.79. The lowest BCUT2D eigenvalue weighted by atomic mass is 10.2. The molecule has 0 atom stereocenters.